The Bertz CT molecular complexity index is 872. The normalized spacial score (nSPS) is 10.5. The number of rotatable bonds is 1. The first-order valence-corrected chi connectivity index (χ1v) is 6.66. The van der Waals surface area contributed by atoms with Crippen molar-refractivity contribution < 1.29 is 0 Å². The summed E-state index contributed by atoms with van der Waals surface area (Å²) in [5, 5.41) is 8.96. The van der Waals surface area contributed by atoms with E-state index in [1.165, 1.54) is 0 Å². The lowest BCUT2D eigenvalue weighted by Crippen LogP contribution is -1.95. The zero-order valence-corrected chi connectivity index (χ0v) is 12.0. The van der Waals surface area contributed by atoms with E-state index >= 15 is 0 Å². The summed E-state index contributed by atoms with van der Waals surface area (Å²) >= 11 is 8.70. The Hall–Kier alpha value is -1.97. The summed E-state index contributed by atoms with van der Waals surface area (Å²) in [6, 6.07) is 11.3. The van der Waals surface area contributed by atoms with Gasteiger partial charge in [-0.15, -0.1) is 0 Å². The predicted molar refractivity (Wildman–Crippen MR) is 78.7 cm³/mol. The standard InChI is InChI=1S/C13H7BrN4S/c14-9-5-11-12(16-7-9)18(13(19)17-11)10-3-1-2-8(4-10)6-15/h1-5,7H,(H,17,19). The number of hydrogen-bond acceptors (Lipinski definition) is 3. The average Bonchev–Trinajstić information content (AvgIpc) is 2.73. The Kier molecular flexibility index (Phi) is 2.93. The zero-order valence-electron chi connectivity index (χ0n) is 9.59. The van der Waals surface area contributed by atoms with Crippen LogP contribution in [0.25, 0.3) is 16.9 Å². The van der Waals surface area contributed by atoms with Crippen LogP contribution in [0.15, 0.2) is 41.0 Å². The van der Waals surface area contributed by atoms with Crippen molar-refractivity contribution in [2.75, 3.05) is 0 Å². The fourth-order valence-electron chi connectivity index (χ4n) is 1.92. The molecule has 0 amide bonds. The van der Waals surface area contributed by atoms with Crippen LogP contribution >= 0.6 is 28.1 Å². The molecule has 0 saturated carbocycles. The first kappa shape index (κ1) is 12.1. The van der Waals surface area contributed by atoms with Crippen LogP contribution in [0.4, 0.5) is 0 Å². The van der Waals surface area contributed by atoms with Gasteiger partial charge in [0.15, 0.2) is 10.4 Å². The number of fused-ring (bicyclic) bond motifs is 1. The number of nitriles is 1. The molecule has 2 aromatic heterocycles. The number of nitrogens with zero attached hydrogens (tertiary/aromatic N) is 3. The molecule has 6 heteroatoms. The number of imidazole rings is 1. The Morgan fingerprint density at radius 1 is 1.37 bits per heavy atom. The van der Waals surface area contributed by atoms with Gasteiger partial charge in [-0.05, 0) is 52.4 Å². The quantitative estimate of drug-likeness (QED) is 0.692. The van der Waals surface area contributed by atoms with E-state index in [-0.39, 0.29) is 0 Å². The van der Waals surface area contributed by atoms with Crippen LogP contribution in [-0.2, 0) is 0 Å². The number of aromatic nitrogens is 3. The second-order valence-corrected chi connectivity index (χ2v) is 5.25. The molecule has 92 valence electrons. The van der Waals surface area contributed by atoms with Crippen molar-refractivity contribution in [3.8, 4) is 11.8 Å². The smallest absolute Gasteiger partial charge is 0.183 e. The maximum atomic E-state index is 8.96. The summed E-state index contributed by atoms with van der Waals surface area (Å²) in [4.78, 5) is 7.47. The van der Waals surface area contributed by atoms with Crippen LogP contribution in [0.2, 0.25) is 0 Å². The SMILES string of the molecule is N#Cc1cccc(-n2c(=S)[nH]c3cc(Br)cnc32)c1. The van der Waals surface area contributed by atoms with Gasteiger partial charge in [-0.3, -0.25) is 4.57 Å². The molecule has 0 aliphatic rings. The van der Waals surface area contributed by atoms with Gasteiger partial charge in [-0.2, -0.15) is 5.26 Å². The van der Waals surface area contributed by atoms with Gasteiger partial charge in [0.25, 0.3) is 0 Å². The van der Waals surface area contributed by atoms with Crippen LogP contribution in [0, 0.1) is 16.1 Å². The van der Waals surface area contributed by atoms with E-state index in [9.17, 15) is 0 Å². The average molecular weight is 331 g/mol. The summed E-state index contributed by atoms with van der Waals surface area (Å²) in [5.74, 6) is 0. The van der Waals surface area contributed by atoms with Gasteiger partial charge < -0.3 is 4.98 Å². The van der Waals surface area contributed by atoms with Crippen LogP contribution < -0.4 is 0 Å². The third kappa shape index (κ3) is 2.07. The molecule has 3 aromatic rings. The van der Waals surface area contributed by atoms with Crippen molar-refractivity contribution in [3.63, 3.8) is 0 Å². The highest BCUT2D eigenvalue weighted by molar-refractivity contribution is 9.10. The van der Waals surface area contributed by atoms with Gasteiger partial charge in [0.1, 0.15) is 0 Å². The molecule has 0 atom stereocenters. The molecule has 3 rings (SSSR count). The van der Waals surface area contributed by atoms with Crippen molar-refractivity contribution in [1.29, 1.82) is 5.26 Å². The topological polar surface area (TPSA) is 57.4 Å². The number of benzene rings is 1. The molecular formula is C13H7BrN4S. The minimum Gasteiger partial charge on any atom is -0.329 e. The van der Waals surface area contributed by atoms with Crippen LogP contribution in [0.3, 0.4) is 0 Å². The number of aromatic amines is 1. The number of pyridine rings is 1. The Morgan fingerprint density at radius 3 is 3.00 bits per heavy atom. The van der Waals surface area contributed by atoms with Gasteiger partial charge in [-0.25, -0.2) is 4.98 Å². The lowest BCUT2D eigenvalue weighted by Gasteiger charge is -2.03. The molecule has 4 nitrogen and oxygen atoms in total. The van der Waals surface area contributed by atoms with Gasteiger partial charge in [0.05, 0.1) is 22.8 Å². The molecule has 2 heterocycles. The van der Waals surface area contributed by atoms with Gasteiger partial charge in [0, 0.05) is 10.7 Å². The van der Waals surface area contributed by atoms with E-state index in [1.54, 1.807) is 18.3 Å². The van der Waals surface area contributed by atoms with Crippen molar-refractivity contribution in [1.82, 2.24) is 14.5 Å². The maximum Gasteiger partial charge on any atom is 0.183 e. The molecule has 0 fully saturated rings. The van der Waals surface area contributed by atoms with E-state index in [0.717, 1.165) is 21.3 Å². The Morgan fingerprint density at radius 2 is 2.21 bits per heavy atom. The maximum absolute atomic E-state index is 8.96. The summed E-state index contributed by atoms with van der Waals surface area (Å²) in [7, 11) is 0. The van der Waals surface area contributed by atoms with Crippen LogP contribution in [0.1, 0.15) is 5.56 Å². The van der Waals surface area contributed by atoms with E-state index in [4.69, 9.17) is 17.5 Å². The van der Waals surface area contributed by atoms with Crippen molar-refractivity contribution in [3.05, 3.63) is 51.3 Å². The third-order valence-electron chi connectivity index (χ3n) is 2.72. The van der Waals surface area contributed by atoms with Gasteiger partial charge >= 0.3 is 0 Å². The lowest BCUT2D eigenvalue weighted by molar-refractivity contribution is 1.04. The number of H-pyrrole nitrogens is 1. The minimum atomic E-state index is 0.552. The molecule has 0 bridgehead atoms. The monoisotopic (exact) mass is 330 g/mol. The fourth-order valence-corrected chi connectivity index (χ4v) is 2.56. The summed E-state index contributed by atoms with van der Waals surface area (Å²) in [6.45, 7) is 0. The molecule has 0 unspecified atom stereocenters. The van der Waals surface area contributed by atoms with Crippen LogP contribution in [-0.4, -0.2) is 14.5 Å². The highest BCUT2D eigenvalue weighted by Gasteiger charge is 2.08. The molecule has 0 saturated heterocycles. The summed E-state index contributed by atoms with van der Waals surface area (Å²) < 4.78 is 3.25. The predicted octanol–water partition coefficient (Wildman–Crippen LogP) is 3.72. The van der Waals surface area contributed by atoms with E-state index in [2.05, 4.69) is 32.0 Å². The molecule has 0 aliphatic heterocycles. The number of halogens is 1. The Balaban J connectivity index is 2.33. The molecule has 0 aliphatic carbocycles. The van der Waals surface area contributed by atoms with Crippen molar-refractivity contribution >= 4 is 39.3 Å². The van der Waals surface area contributed by atoms with Gasteiger partial charge in [-0.1, -0.05) is 6.07 Å². The largest absolute Gasteiger partial charge is 0.329 e. The second kappa shape index (κ2) is 4.61. The van der Waals surface area contributed by atoms with Crippen LogP contribution in [0.5, 0.6) is 0 Å². The Labute approximate surface area is 122 Å². The molecular weight excluding hydrogens is 324 g/mol. The number of nitrogens with one attached hydrogen (secondary N) is 1. The first-order chi connectivity index (χ1) is 9.19. The third-order valence-corrected chi connectivity index (χ3v) is 3.44. The molecule has 1 N–H and O–H groups in total. The van der Waals surface area contributed by atoms with E-state index in [1.807, 2.05) is 22.8 Å². The highest BCUT2D eigenvalue weighted by Crippen LogP contribution is 2.21. The van der Waals surface area contributed by atoms with Crippen molar-refractivity contribution in [2.24, 2.45) is 0 Å². The van der Waals surface area contributed by atoms with E-state index < -0.39 is 0 Å². The molecule has 19 heavy (non-hydrogen) atoms. The summed E-state index contributed by atoms with van der Waals surface area (Å²) in [5.41, 5.74) is 3.00. The zero-order chi connectivity index (χ0) is 13.4. The fraction of sp³-hybridized carbons (Fsp3) is 0. The lowest BCUT2D eigenvalue weighted by atomic mass is 10.2. The molecule has 0 radical (unpaired) electrons. The van der Waals surface area contributed by atoms with Crippen molar-refractivity contribution in [2.45, 2.75) is 0 Å². The molecule has 1 aromatic carbocycles. The summed E-state index contributed by atoms with van der Waals surface area (Å²) in [6.07, 6.45) is 1.72. The van der Waals surface area contributed by atoms with Gasteiger partial charge in [0.2, 0.25) is 0 Å². The molecule has 0 spiro atoms. The highest BCUT2D eigenvalue weighted by atomic mass is 79.9. The minimum absolute atomic E-state index is 0.552. The van der Waals surface area contributed by atoms with E-state index in [0.29, 0.717) is 10.3 Å². The second-order valence-electron chi connectivity index (χ2n) is 3.95. The number of hydrogen-bond donors (Lipinski definition) is 1. The first-order valence-electron chi connectivity index (χ1n) is 5.46.